The first-order valence-electron chi connectivity index (χ1n) is 2.95. The molecular weight excluding hydrogens is 102 g/mol. The molecule has 0 aliphatic heterocycles. The van der Waals surface area contributed by atoms with E-state index in [1.54, 1.807) is 0 Å². The highest BCUT2D eigenvalue weighted by Gasteiger charge is 1.75. The van der Waals surface area contributed by atoms with Gasteiger partial charge in [0.1, 0.15) is 0 Å². The summed E-state index contributed by atoms with van der Waals surface area (Å²) in [6, 6.07) is 0. The normalized spacial score (nSPS) is 12.0. The lowest BCUT2D eigenvalue weighted by Gasteiger charge is -2.00. The van der Waals surface area contributed by atoms with Gasteiger partial charge in [0.2, 0.25) is 0 Å². The van der Waals surface area contributed by atoms with Gasteiger partial charge in [-0.1, -0.05) is 13.3 Å². The zero-order valence-electron chi connectivity index (χ0n) is 5.48. The predicted molar refractivity (Wildman–Crippen MR) is 32.9 cm³/mol. The molecule has 48 valence electrons. The lowest BCUT2D eigenvalue weighted by molar-refractivity contribution is -0.216. The molecule has 0 saturated carbocycles. The SMILES string of the molecule is CCCCN=C(C)[O-]. The first-order valence-corrected chi connectivity index (χ1v) is 2.95. The molecule has 0 bridgehead atoms. The van der Waals surface area contributed by atoms with Crippen LogP contribution in [0.1, 0.15) is 26.7 Å². The summed E-state index contributed by atoms with van der Waals surface area (Å²) in [5.74, 6) is -0.0570. The van der Waals surface area contributed by atoms with Crippen molar-refractivity contribution in [3.05, 3.63) is 0 Å². The minimum absolute atomic E-state index is 0.0570. The Kier molecular flexibility index (Phi) is 4.32. The van der Waals surface area contributed by atoms with E-state index in [0.29, 0.717) is 6.54 Å². The standard InChI is InChI=1S/C6H13NO/c1-3-4-5-7-6(2)8/h3-5H2,1-2H3,(H,7,8)/p-1. The van der Waals surface area contributed by atoms with Crippen molar-refractivity contribution in [2.75, 3.05) is 6.54 Å². The van der Waals surface area contributed by atoms with E-state index >= 15 is 0 Å². The zero-order valence-corrected chi connectivity index (χ0v) is 5.48. The molecule has 0 aromatic rings. The summed E-state index contributed by atoms with van der Waals surface area (Å²) in [6.07, 6.45) is 2.14. The molecule has 0 radical (unpaired) electrons. The van der Waals surface area contributed by atoms with Crippen molar-refractivity contribution in [2.45, 2.75) is 26.7 Å². The number of nitrogens with zero attached hydrogens (tertiary/aromatic N) is 1. The molecule has 0 saturated heterocycles. The Morgan fingerprint density at radius 1 is 1.62 bits per heavy atom. The van der Waals surface area contributed by atoms with E-state index in [2.05, 4.69) is 11.9 Å². The van der Waals surface area contributed by atoms with Crippen LogP contribution in [0.25, 0.3) is 0 Å². The lowest BCUT2D eigenvalue weighted by Crippen LogP contribution is -2.12. The third kappa shape index (κ3) is 5.47. The number of hydrogen-bond donors (Lipinski definition) is 0. The molecule has 0 fully saturated rings. The first kappa shape index (κ1) is 7.47. The minimum atomic E-state index is -0.0570. The van der Waals surface area contributed by atoms with Crippen LogP contribution in [0.2, 0.25) is 0 Å². The van der Waals surface area contributed by atoms with Gasteiger partial charge in [0.05, 0.1) is 0 Å². The van der Waals surface area contributed by atoms with Crippen LogP contribution in [-0.2, 0) is 0 Å². The fourth-order valence-electron chi connectivity index (χ4n) is 0.395. The average molecular weight is 114 g/mol. The number of hydrogen-bond acceptors (Lipinski definition) is 2. The molecule has 0 rings (SSSR count). The van der Waals surface area contributed by atoms with Crippen LogP contribution in [-0.4, -0.2) is 12.4 Å². The van der Waals surface area contributed by atoms with Gasteiger partial charge in [0.25, 0.3) is 0 Å². The molecule has 8 heavy (non-hydrogen) atoms. The Morgan fingerprint density at radius 3 is 2.62 bits per heavy atom. The molecule has 0 atom stereocenters. The molecule has 0 amide bonds. The van der Waals surface area contributed by atoms with E-state index < -0.39 is 0 Å². The van der Waals surface area contributed by atoms with E-state index in [-0.39, 0.29) is 5.90 Å². The molecule has 0 unspecified atom stereocenters. The van der Waals surface area contributed by atoms with Crippen LogP contribution < -0.4 is 5.11 Å². The van der Waals surface area contributed by atoms with Crippen LogP contribution in [0.5, 0.6) is 0 Å². The third-order valence-corrected chi connectivity index (χ3v) is 0.846. The van der Waals surface area contributed by atoms with Crippen molar-refractivity contribution in [3.63, 3.8) is 0 Å². The molecule has 0 aliphatic carbocycles. The van der Waals surface area contributed by atoms with E-state index in [9.17, 15) is 5.11 Å². The van der Waals surface area contributed by atoms with Crippen molar-refractivity contribution in [1.82, 2.24) is 0 Å². The maximum absolute atomic E-state index is 10.2. The largest absolute Gasteiger partial charge is 0.862 e. The average Bonchev–Trinajstić information content (AvgIpc) is 1.66. The van der Waals surface area contributed by atoms with Gasteiger partial charge in [-0.25, -0.2) is 0 Å². The van der Waals surface area contributed by atoms with Crippen molar-refractivity contribution in [3.8, 4) is 0 Å². The topological polar surface area (TPSA) is 35.4 Å². The monoisotopic (exact) mass is 114 g/mol. The predicted octanol–water partition coefficient (Wildman–Crippen LogP) is 0.565. The van der Waals surface area contributed by atoms with Crippen molar-refractivity contribution >= 4 is 5.90 Å². The van der Waals surface area contributed by atoms with E-state index in [0.717, 1.165) is 12.8 Å². The molecule has 0 spiro atoms. The molecule has 0 aromatic carbocycles. The fourth-order valence-corrected chi connectivity index (χ4v) is 0.395. The highest BCUT2D eigenvalue weighted by molar-refractivity contribution is 5.67. The molecule has 0 aliphatic rings. The second kappa shape index (κ2) is 4.62. The fraction of sp³-hybridized carbons (Fsp3) is 0.833. The Labute approximate surface area is 50.3 Å². The van der Waals surface area contributed by atoms with Crippen LogP contribution in [0.4, 0.5) is 0 Å². The summed E-state index contributed by atoms with van der Waals surface area (Å²) >= 11 is 0. The molecule has 0 heterocycles. The van der Waals surface area contributed by atoms with Gasteiger partial charge < -0.3 is 10.1 Å². The van der Waals surface area contributed by atoms with Gasteiger partial charge in [-0.15, -0.1) is 0 Å². The lowest BCUT2D eigenvalue weighted by atomic mass is 10.3. The quantitative estimate of drug-likeness (QED) is 0.300. The highest BCUT2D eigenvalue weighted by Crippen LogP contribution is 1.85. The zero-order chi connectivity index (χ0) is 6.41. The summed E-state index contributed by atoms with van der Waals surface area (Å²) in [5, 5.41) is 10.2. The molecule has 0 N–H and O–H groups in total. The Bertz CT molecular complexity index is 74.6. The molecular formula is C6H12NO-. The third-order valence-electron chi connectivity index (χ3n) is 0.846. The first-order chi connectivity index (χ1) is 3.77. The maximum Gasteiger partial charge on any atom is 0.0378 e. The summed E-state index contributed by atoms with van der Waals surface area (Å²) in [7, 11) is 0. The van der Waals surface area contributed by atoms with E-state index in [1.165, 1.54) is 6.92 Å². The van der Waals surface area contributed by atoms with Crippen molar-refractivity contribution < 1.29 is 5.11 Å². The molecule has 2 heteroatoms. The number of aliphatic imine (C=N–C) groups is 1. The highest BCUT2D eigenvalue weighted by atomic mass is 16.3. The summed E-state index contributed by atoms with van der Waals surface area (Å²) in [5.41, 5.74) is 0. The Hall–Kier alpha value is -0.530. The smallest absolute Gasteiger partial charge is 0.0378 e. The van der Waals surface area contributed by atoms with Crippen LogP contribution >= 0.6 is 0 Å². The van der Waals surface area contributed by atoms with Gasteiger partial charge in [0.15, 0.2) is 0 Å². The molecule has 2 nitrogen and oxygen atoms in total. The van der Waals surface area contributed by atoms with Gasteiger partial charge in [-0.05, 0) is 19.2 Å². The van der Waals surface area contributed by atoms with Crippen LogP contribution in [0.3, 0.4) is 0 Å². The Balaban J connectivity index is 3.03. The Morgan fingerprint density at radius 2 is 2.25 bits per heavy atom. The van der Waals surface area contributed by atoms with Gasteiger partial charge >= 0.3 is 0 Å². The van der Waals surface area contributed by atoms with Crippen LogP contribution in [0, 0.1) is 0 Å². The maximum atomic E-state index is 10.2. The summed E-state index contributed by atoms with van der Waals surface area (Å²) < 4.78 is 0. The summed E-state index contributed by atoms with van der Waals surface area (Å²) in [6.45, 7) is 4.26. The minimum Gasteiger partial charge on any atom is -0.862 e. The van der Waals surface area contributed by atoms with Crippen molar-refractivity contribution in [1.29, 1.82) is 0 Å². The van der Waals surface area contributed by atoms with E-state index in [1.807, 2.05) is 0 Å². The van der Waals surface area contributed by atoms with Gasteiger partial charge in [-0.2, -0.15) is 0 Å². The van der Waals surface area contributed by atoms with Crippen molar-refractivity contribution in [2.24, 2.45) is 4.99 Å². The van der Waals surface area contributed by atoms with Gasteiger partial charge in [0, 0.05) is 6.54 Å². The second-order valence-electron chi connectivity index (χ2n) is 1.75. The van der Waals surface area contributed by atoms with Gasteiger partial charge in [-0.3, -0.25) is 0 Å². The number of unbranched alkanes of at least 4 members (excludes halogenated alkanes) is 1. The summed E-state index contributed by atoms with van der Waals surface area (Å²) in [4.78, 5) is 3.68. The molecule has 0 aromatic heterocycles. The van der Waals surface area contributed by atoms with Crippen LogP contribution in [0.15, 0.2) is 4.99 Å². The second-order valence-corrected chi connectivity index (χ2v) is 1.75. The number of rotatable bonds is 3. The van der Waals surface area contributed by atoms with E-state index in [4.69, 9.17) is 0 Å².